The van der Waals surface area contributed by atoms with Gasteiger partial charge < -0.3 is 23.8 Å². The van der Waals surface area contributed by atoms with Crippen LogP contribution in [0.3, 0.4) is 0 Å². The number of para-hydroxylation sites is 1. The zero-order chi connectivity index (χ0) is 22.4. The molecule has 1 N–H and O–H groups in total. The lowest BCUT2D eigenvalue weighted by molar-refractivity contribution is -0.0191. The highest BCUT2D eigenvalue weighted by atomic mass is 35.5. The number of aromatic nitrogens is 3. The average molecular weight is 473 g/mol. The molecule has 164 valence electrons. The molecule has 9 nitrogen and oxygen atoms in total. The molecule has 0 atom stereocenters. The van der Waals surface area contributed by atoms with Gasteiger partial charge in [-0.2, -0.15) is 0 Å². The summed E-state index contributed by atoms with van der Waals surface area (Å²) in [5.41, 5.74) is 1.74. The summed E-state index contributed by atoms with van der Waals surface area (Å²) in [6, 6.07) is 10.4. The molecule has 1 fully saturated rings. The predicted octanol–water partition coefficient (Wildman–Crippen LogP) is 3.62. The fourth-order valence-electron chi connectivity index (χ4n) is 3.68. The molecule has 5 rings (SSSR count). The maximum atomic E-state index is 13.0. The van der Waals surface area contributed by atoms with E-state index < -0.39 is 5.97 Å². The van der Waals surface area contributed by atoms with Crippen LogP contribution >= 0.6 is 22.9 Å². The Labute approximate surface area is 190 Å². The molecule has 0 saturated carbocycles. The zero-order valence-electron chi connectivity index (χ0n) is 16.8. The second kappa shape index (κ2) is 8.05. The molecule has 4 heterocycles. The predicted molar refractivity (Wildman–Crippen MR) is 117 cm³/mol. The summed E-state index contributed by atoms with van der Waals surface area (Å²) in [6.45, 7) is 1.10. The maximum Gasteiger partial charge on any atom is 0.372 e. The number of hydrogen-bond acceptors (Lipinski definition) is 7. The number of halogens is 1. The third kappa shape index (κ3) is 3.56. The molecule has 4 aromatic rings. The highest BCUT2D eigenvalue weighted by Gasteiger charge is 2.33. The molecular formula is C21H17ClN4O5S. The standard InChI is InChI=1S/C21H17ClN4O5S/c1-30-12-9-25(10-12)20(27)13-3-2-4-14-18(13)23-19(21(28)29)26(14)8-11-7-15(31-24-11)16-5-6-17(22)32-16/h2-7,12H,8-10H2,1H3,(H,28,29). The van der Waals surface area contributed by atoms with Crippen LogP contribution in [0.25, 0.3) is 21.7 Å². The fourth-order valence-corrected chi connectivity index (χ4v) is 4.67. The quantitative estimate of drug-likeness (QED) is 0.456. The molecule has 1 amide bonds. The first-order valence-corrected chi connectivity index (χ1v) is 10.9. The molecule has 3 aromatic heterocycles. The van der Waals surface area contributed by atoms with Crippen LogP contribution in [0.1, 0.15) is 26.7 Å². The Bertz CT molecular complexity index is 1340. The number of carbonyl (C=O) groups excluding carboxylic acids is 1. The lowest BCUT2D eigenvalue weighted by Gasteiger charge is -2.38. The molecule has 0 spiro atoms. The molecule has 0 radical (unpaired) electrons. The number of amides is 1. The molecule has 1 aliphatic rings. The number of imidazole rings is 1. The minimum absolute atomic E-state index is 0.0184. The van der Waals surface area contributed by atoms with Crippen molar-refractivity contribution in [1.29, 1.82) is 0 Å². The van der Waals surface area contributed by atoms with E-state index in [1.165, 1.54) is 15.9 Å². The van der Waals surface area contributed by atoms with Gasteiger partial charge in [-0.3, -0.25) is 4.79 Å². The SMILES string of the molecule is COC1CN(C(=O)c2cccc3c2nc(C(=O)O)n3Cc2cc(-c3ccc(Cl)s3)on2)C1. The van der Waals surface area contributed by atoms with Gasteiger partial charge in [0.2, 0.25) is 5.82 Å². The van der Waals surface area contributed by atoms with E-state index in [9.17, 15) is 14.7 Å². The molecule has 0 bridgehead atoms. The number of hydrogen-bond donors (Lipinski definition) is 1. The number of fused-ring (bicyclic) bond motifs is 1. The third-order valence-corrected chi connectivity index (χ3v) is 6.61. The molecule has 1 aliphatic heterocycles. The van der Waals surface area contributed by atoms with E-state index in [0.717, 1.165) is 4.88 Å². The summed E-state index contributed by atoms with van der Waals surface area (Å²) in [5.74, 6) is -1.04. The summed E-state index contributed by atoms with van der Waals surface area (Å²) in [7, 11) is 1.61. The number of nitrogens with zero attached hydrogens (tertiary/aromatic N) is 4. The van der Waals surface area contributed by atoms with Gasteiger partial charge in [-0.1, -0.05) is 22.8 Å². The van der Waals surface area contributed by atoms with Crippen molar-refractivity contribution in [3.05, 3.63) is 57.8 Å². The van der Waals surface area contributed by atoms with Gasteiger partial charge in [-0.25, -0.2) is 9.78 Å². The van der Waals surface area contributed by atoms with E-state index >= 15 is 0 Å². The van der Waals surface area contributed by atoms with Crippen LogP contribution in [-0.2, 0) is 11.3 Å². The largest absolute Gasteiger partial charge is 0.475 e. The Morgan fingerprint density at radius 3 is 2.81 bits per heavy atom. The van der Waals surface area contributed by atoms with E-state index in [2.05, 4.69) is 10.1 Å². The van der Waals surface area contributed by atoms with Gasteiger partial charge in [0.1, 0.15) is 11.2 Å². The van der Waals surface area contributed by atoms with Crippen molar-refractivity contribution in [2.24, 2.45) is 0 Å². The second-order valence-electron chi connectivity index (χ2n) is 7.35. The zero-order valence-corrected chi connectivity index (χ0v) is 18.4. The van der Waals surface area contributed by atoms with Gasteiger partial charge in [0, 0.05) is 26.3 Å². The number of aromatic carboxylic acids is 1. The number of carboxylic acids is 1. The first kappa shape index (κ1) is 20.7. The molecule has 1 saturated heterocycles. The lowest BCUT2D eigenvalue weighted by atomic mass is 10.1. The molecule has 11 heteroatoms. The number of ether oxygens (including phenoxy) is 1. The Hall–Kier alpha value is -3.21. The number of carboxylic acid groups (broad SMARTS) is 1. The summed E-state index contributed by atoms with van der Waals surface area (Å²) in [4.78, 5) is 31.6. The van der Waals surface area contributed by atoms with Crippen LogP contribution < -0.4 is 0 Å². The topological polar surface area (TPSA) is 111 Å². The molecule has 0 aliphatic carbocycles. The Morgan fingerprint density at radius 1 is 1.31 bits per heavy atom. The van der Waals surface area contributed by atoms with Crippen molar-refractivity contribution in [3.63, 3.8) is 0 Å². The summed E-state index contributed by atoms with van der Waals surface area (Å²) in [6.07, 6.45) is 0.0184. The van der Waals surface area contributed by atoms with Crippen LogP contribution in [0.2, 0.25) is 4.34 Å². The van der Waals surface area contributed by atoms with Crippen LogP contribution in [0.4, 0.5) is 0 Å². The van der Waals surface area contributed by atoms with Crippen LogP contribution in [0, 0.1) is 0 Å². The number of carbonyl (C=O) groups is 2. The molecule has 0 unspecified atom stereocenters. The van der Waals surface area contributed by atoms with E-state index in [1.54, 1.807) is 42.3 Å². The van der Waals surface area contributed by atoms with E-state index in [1.807, 2.05) is 6.07 Å². The maximum absolute atomic E-state index is 13.0. The van der Waals surface area contributed by atoms with Gasteiger partial charge >= 0.3 is 5.97 Å². The van der Waals surface area contributed by atoms with Crippen molar-refractivity contribution in [3.8, 4) is 10.6 Å². The van der Waals surface area contributed by atoms with E-state index in [4.69, 9.17) is 20.9 Å². The van der Waals surface area contributed by atoms with Gasteiger partial charge in [0.05, 0.1) is 32.9 Å². The number of benzene rings is 1. The minimum atomic E-state index is -1.20. The van der Waals surface area contributed by atoms with E-state index in [0.29, 0.717) is 45.5 Å². The van der Waals surface area contributed by atoms with Crippen molar-refractivity contribution in [1.82, 2.24) is 19.6 Å². The summed E-state index contributed by atoms with van der Waals surface area (Å²) < 4.78 is 12.8. The molecular weight excluding hydrogens is 456 g/mol. The van der Waals surface area contributed by atoms with Crippen LogP contribution in [0.5, 0.6) is 0 Å². The van der Waals surface area contributed by atoms with Crippen molar-refractivity contribution < 1.29 is 24.0 Å². The van der Waals surface area contributed by atoms with Crippen LogP contribution in [0.15, 0.2) is 40.9 Å². The normalized spacial score (nSPS) is 14.1. The smallest absolute Gasteiger partial charge is 0.372 e. The summed E-state index contributed by atoms with van der Waals surface area (Å²) in [5, 5.41) is 13.8. The second-order valence-corrected chi connectivity index (χ2v) is 9.07. The molecule has 1 aromatic carbocycles. The average Bonchev–Trinajstić information content (AvgIpc) is 3.46. The molecule has 32 heavy (non-hydrogen) atoms. The highest BCUT2D eigenvalue weighted by Crippen LogP contribution is 2.32. The highest BCUT2D eigenvalue weighted by molar-refractivity contribution is 7.19. The van der Waals surface area contributed by atoms with Gasteiger partial charge in [0.25, 0.3) is 5.91 Å². The van der Waals surface area contributed by atoms with Crippen molar-refractivity contribution in [2.45, 2.75) is 12.6 Å². The Balaban J connectivity index is 1.50. The monoisotopic (exact) mass is 472 g/mol. The van der Waals surface area contributed by atoms with E-state index in [-0.39, 0.29) is 24.4 Å². The fraction of sp³-hybridized carbons (Fsp3) is 0.238. The Morgan fingerprint density at radius 2 is 2.12 bits per heavy atom. The lowest BCUT2D eigenvalue weighted by Crippen LogP contribution is -2.54. The number of thiophene rings is 1. The van der Waals surface area contributed by atoms with Crippen molar-refractivity contribution in [2.75, 3.05) is 20.2 Å². The summed E-state index contributed by atoms with van der Waals surface area (Å²) >= 11 is 7.34. The first-order valence-electron chi connectivity index (χ1n) is 9.70. The first-order chi connectivity index (χ1) is 15.4. The van der Waals surface area contributed by atoms with Crippen LogP contribution in [-0.4, -0.2) is 62.9 Å². The van der Waals surface area contributed by atoms with Gasteiger partial charge in [-0.05, 0) is 24.3 Å². The number of rotatable bonds is 6. The van der Waals surface area contributed by atoms with Crippen molar-refractivity contribution >= 4 is 45.8 Å². The third-order valence-electron chi connectivity index (χ3n) is 5.36. The number of methoxy groups -OCH3 is 1. The van der Waals surface area contributed by atoms with Gasteiger partial charge in [0.15, 0.2) is 5.76 Å². The number of likely N-dealkylation sites (tertiary alicyclic amines) is 1. The Kier molecular flexibility index (Phi) is 5.20. The minimum Gasteiger partial charge on any atom is -0.475 e. The van der Waals surface area contributed by atoms with Gasteiger partial charge in [-0.15, -0.1) is 11.3 Å².